The summed E-state index contributed by atoms with van der Waals surface area (Å²) in [4.78, 5) is 26.4. The van der Waals surface area contributed by atoms with E-state index in [1.54, 1.807) is 4.90 Å². The first kappa shape index (κ1) is 17.1. The Morgan fingerprint density at radius 1 is 1.10 bits per heavy atom. The van der Waals surface area contributed by atoms with Crippen molar-refractivity contribution in [3.8, 4) is 0 Å². The standard InChI is InChI=1S/C15H23N3O3/c1-12-4-6-13(7-5-12)16-14(19)10-18(11-15(20)21)9-8-17(2)3/h4-7H,8-11H2,1-3H3,(H,16,19)(H,20,21). The van der Waals surface area contributed by atoms with Crippen LogP contribution >= 0.6 is 0 Å². The number of carbonyl (C=O) groups excluding carboxylic acids is 1. The van der Waals surface area contributed by atoms with Gasteiger partial charge in [-0.05, 0) is 33.2 Å². The molecule has 0 atom stereocenters. The number of benzene rings is 1. The zero-order valence-corrected chi connectivity index (χ0v) is 12.8. The van der Waals surface area contributed by atoms with Crippen molar-refractivity contribution in [2.45, 2.75) is 6.92 Å². The fraction of sp³-hybridized carbons (Fsp3) is 0.467. The van der Waals surface area contributed by atoms with Gasteiger partial charge in [0.05, 0.1) is 13.1 Å². The van der Waals surface area contributed by atoms with Crippen molar-refractivity contribution in [1.29, 1.82) is 0 Å². The highest BCUT2D eigenvalue weighted by Crippen LogP contribution is 2.08. The Balaban J connectivity index is 2.53. The summed E-state index contributed by atoms with van der Waals surface area (Å²) in [6.07, 6.45) is 0. The van der Waals surface area contributed by atoms with Crippen LogP contribution in [0.15, 0.2) is 24.3 Å². The van der Waals surface area contributed by atoms with Gasteiger partial charge in [0, 0.05) is 18.8 Å². The maximum atomic E-state index is 12.0. The summed E-state index contributed by atoms with van der Waals surface area (Å²) < 4.78 is 0. The SMILES string of the molecule is Cc1ccc(NC(=O)CN(CCN(C)C)CC(=O)O)cc1. The minimum absolute atomic E-state index is 0.0635. The van der Waals surface area contributed by atoms with Crippen molar-refractivity contribution in [3.05, 3.63) is 29.8 Å². The largest absolute Gasteiger partial charge is 0.480 e. The van der Waals surface area contributed by atoms with Crippen LogP contribution in [0.1, 0.15) is 5.56 Å². The molecular weight excluding hydrogens is 270 g/mol. The van der Waals surface area contributed by atoms with Gasteiger partial charge in [0.25, 0.3) is 0 Å². The van der Waals surface area contributed by atoms with Gasteiger partial charge in [0.1, 0.15) is 0 Å². The number of aliphatic carboxylic acids is 1. The van der Waals surface area contributed by atoms with Crippen LogP contribution in [-0.4, -0.2) is 67.1 Å². The molecule has 0 aliphatic carbocycles. The lowest BCUT2D eigenvalue weighted by molar-refractivity contribution is -0.138. The monoisotopic (exact) mass is 293 g/mol. The first-order valence-corrected chi connectivity index (χ1v) is 6.82. The molecule has 6 nitrogen and oxygen atoms in total. The molecule has 1 aromatic carbocycles. The fourth-order valence-electron chi connectivity index (χ4n) is 1.79. The molecule has 1 aromatic rings. The predicted octanol–water partition coefficient (Wildman–Crippen LogP) is 0.882. The number of anilines is 1. The van der Waals surface area contributed by atoms with Crippen LogP contribution in [0.5, 0.6) is 0 Å². The average molecular weight is 293 g/mol. The lowest BCUT2D eigenvalue weighted by atomic mass is 10.2. The van der Waals surface area contributed by atoms with E-state index in [2.05, 4.69) is 5.32 Å². The molecule has 0 heterocycles. The number of rotatable bonds is 8. The molecule has 0 radical (unpaired) electrons. The van der Waals surface area contributed by atoms with Crippen LogP contribution in [0.25, 0.3) is 0 Å². The molecule has 0 spiro atoms. The molecule has 1 rings (SSSR count). The minimum Gasteiger partial charge on any atom is -0.480 e. The number of likely N-dealkylation sites (N-methyl/N-ethyl adjacent to an activating group) is 1. The minimum atomic E-state index is -0.933. The lowest BCUT2D eigenvalue weighted by Crippen LogP contribution is -2.40. The van der Waals surface area contributed by atoms with Gasteiger partial charge in [0.15, 0.2) is 0 Å². The molecule has 0 unspecified atom stereocenters. The average Bonchev–Trinajstić information content (AvgIpc) is 2.38. The third-order valence-corrected chi connectivity index (χ3v) is 2.92. The molecule has 1 amide bonds. The second-order valence-electron chi connectivity index (χ2n) is 5.32. The first-order chi connectivity index (χ1) is 9.86. The van der Waals surface area contributed by atoms with E-state index in [1.807, 2.05) is 50.2 Å². The van der Waals surface area contributed by atoms with Crippen LogP contribution in [0.4, 0.5) is 5.69 Å². The van der Waals surface area contributed by atoms with Gasteiger partial charge in [-0.3, -0.25) is 14.5 Å². The Morgan fingerprint density at radius 2 is 1.71 bits per heavy atom. The van der Waals surface area contributed by atoms with Gasteiger partial charge in [-0.25, -0.2) is 0 Å². The Hall–Kier alpha value is -1.92. The van der Waals surface area contributed by atoms with Crippen LogP contribution in [0.2, 0.25) is 0 Å². The third-order valence-electron chi connectivity index (χ3n) is 2.92. The molecular formula is C15H23N3O3. The zero-order chi connectivity index (χ0) is 15.8. The maximum absolute atomic E-state index is 12.0. The molecule has 0 aliphatic rings. The van der Waals surface area contributed by atoms with Crippen molar-refractivity contribution < 1.29 is 14.7 Å². The molecule has 0 saturated carbocycles. The number of carbonyl (C=O) groups is 2. The summed E-state index contributed by atoms with van der Waals surface area (Å²) in [7, 11) is 3.82. The molecule has 21 heavy (non-hydrogen) atoms. The van der Waals surface area contributed by atoms with Crippen molar-refractivity contribution in [2.24, 2.45) is 0 Å². The molecule has 6 heteroatoms. The molecule has 2 N–H and O–H groups in total. The molecule has 116 valence electrons. The van der Waals surface area contributed by atoms with Gasteiger partial charge in [-0.1, -0.05) is 17.7 Å². The highest BCUT2D eigenvalue weighted by atomic mass is 16.4. The molecule has 0 aromatic heterocycles. The summed E-state index contributed by atoms with van der Waals surface area (Å²) in [5.41, 5.74) is 1.83. The Bertz CT molecular complexity index is 472. The summed E-state index contributed by atoms with van der Waals surface area (Å²) in [5.74, 6) is -1.14. The van der Waals surface area contributed by atoms with Gasteiger partial charge in [0.2, 0.25) is 5.91 Å². The molecule has 0 fully saturated rings. The number of nitrogens with one attached hydrogen (secondary N) is 1. The van der Waals surface area contributed by atoms with Crippen LogP contribution in [0, 0.1) is 6.92 Å². The van der Waals surface area contributed by atoms with Crippen LogP contribution in [-0.2, 0) is 9.59 Å². The van der Waals surface area contributed by atoms with E-state index < -0.39 is 5.97 Å². The second kappa shape index (κ2) is 8.39. The number of carboxylic acids is 1. The first-order valence-electron chi connectivity index (χ1n) is 6.82. The van der Waals surface area contributed by atoms with Crippen molar-refractivity contribution in [1.82, 2.24) is 9.80 Å². The fourth-order valence-corrected chi connectivity index (χ4v) is 1.79. The zero-order valence-electron chi connectivity index (χ0n) is 12.8. The van der Waals surface area contributed by atoms with E-state index in [1.165, 1.54) is 0 Å². The normalized spacial score (nSPS) is 10.9. The van der Waals surface area contributed by atoms with Crippen molar-refractivity contribution >= 4 is 17.6 Å². The van der Waals surface area contributed by atoms with Gasteiger partial charge in [-0.2, -0.15) is 0 Å². The quantitative estimate of drug-likeness (QED) is 0.744. The summed E-state index contributed by atoms with van der Waals surface area (Å²) in [5, 5.41) is 11.7. The maximum Gasteiger partial charge on any atom is 0.317 e. The van der Waals surface area contributed by atoms with E-state index in [0.29, 0.717) is 18.8 Å². The third kappa shape index (κ3) is 7.43. The summed E-state index contributed by atoms with van der Waals surface area (Å²) >= 11 is 0. The topological polar surface area (TPSA) is 72.9 Å². The summed E-state index contributed by atoms with van der Waals surface area (Å²) in [6, 6.07) is 7.48. The van der Waals surface area contributed by atoms with E-state index in [0.717, 1.165) is 5.56 Å². The molecule has 0 saturated heterocycles. The van der Waals surface area contributed by atoms with Crippen LogP contribution in [0.3, 0.4) is 0 Å². The van der Waals surface area contributed by atoms with E-state index >= 15 is 0 Å². The van der Waals surface area contributed by atoms with Crippen LogP contribution < -0.4 is 5.32 Å². The van der Waals surface area contributed by atoms with E-state index in [9.17, 15) is 9.59 Å². The number of hydrogen-bond donors (Lipinski definition) is 2. The number of aryl methyl sites for hydroxylation is 1. The number of amides is 1. The Kier molecular flexibility index (Phi) is 6.84. The highest BCUT2D eigenvalue weighted by molar-refractivity contribution is 5.92. The van der Waals surface area contributed by atoms with Gasteiger partial charge in [-0.15, -0.1) is 0 Å². The molecule has 0 aliphatic heterocycles. The van der Waals surface area contributed by atoms with Crippen molar-refractivity contribution in [3.63, 3.8) is 0 Å². The van der Waals surface area contributed by atoms with Crippen molar-refractivity contribution in [2.75, 3.05) is 45.6 Å². The Morgan fingerprint density at radius 3 is 2.24 bits per heavy atom. The number of carboxylic acid groups (broad SMARTS) is 1. The highest BCUT2D eigenvalue weighted by Gasteiger charge is 2.14. The predicted molar refractivity (Wildman–Crippen MR) is 82.4 cm³/mol. The molecule has 0 bridgehead atoms. The Labute approximate surface area is 125 Å². The van der Waals surface area contributed by atoms with Gasteiger partial charge < -0.3 is 15.3 Å². The summed E-state index contributed by atoms with van der Waals surface area (Å²) in [6.45, 7) is 3.12. The second-order valence-corrected chi connectivity index (χ2v) is 5.32. The van der Waals surface area contributed by atoms with E-state index in [-0.39, 0.29) is 19.0 Å². The number of hydrogen-bond acceptors (Lipinski definition) is 4. The van der Waals surface area contributed by atoms with E-state index in [4.69, 9.17) is 5.11 Å². The van der Waals surface area contributed by atoms with Gasteiger partial charge >= 0.3 is 5.97 Å². The lowest BCUT2D eigenvalue weighted by Gasteiger charge is -2.21. The smallest absolute Gasteiger partial charge is 0.317 e. The number of nitrogens with zero attached hydrogens (tertiary/aromatic N) is 2.